The predicted octanol–water partition coefficient (Wildman–Crippen LogP) is 1.75. The van der Waals surface area contributed by atoms with E-state index in [9.17, 15) is 0 Å². The zero-order valence-corrected chi connectivity index (χ0v) is 8.45. The van der Waals surface area contributed by atoms with Gasteiger partial charge in [-0.3, -0.25) is 0 Å². The quantitative estimate of drug-likeness (QED) is 0.672. The molecule has 12 heavy (non-hydrogen) atoms. The molecule has 1 heterocycles. The molecule has 0 radical (unpaired) electrons. The van der Waals surface area contributed by atoms with Crippen LogP contribution in [0.15, 0.2) is 11.6 Å². The average molecular weight is 192 g/mol. The molecule has 1 aliphatic rings. The fraction of sp³-hybridized carbons (Fsp3) is 0.778. The monoisotopic (exact) mass is 191 g/mol. The molecule has 0 unspecified atom stereocenters. The van der Waals surface area contributed by atoms with E-state index >= 15 is 0 Å². The Morgan fingerprint density at radius 2 is 2.25 bits per heavy atom. The normalized spacial score (nSPS) is 21.6. The van der Waals surface area contributed by atoms with Gasteiger partial charge in [0.05, 0.1) is 6.61 Å². The van der Waals surface area contributed by atoms with Gasteiger partial charge in [0.15, 0.2) is 0 Å². The number of hydrogen-bond donors (Lipinski definition) is 1. The maximum atomic E-state index is 4.99. The Hall–Kier alpha value is -0.0500. The van der Waals surface area contributed by atoms with Crippen molar-refractivity contribution < 1.29 is 4.74 Å². The largest absolute Gasteiger partial charge is 0.381 e. The second kappa shape index (κ2) is 7.59. The summed E-state index contributed by atoms with van der Waals surface area (Å²) >= 11 is 0. The van der Waals surface area contributed by atoms with Gasteiger partial charge in [-0.25, -0.2) is 0 Å². The lowest BCUT2D eigenvalue weighted by Gasteiger charge is -2.00. The lowest BCUT2D eigenvalue weighted by Crippen LogP contribution is -2.13. The van der Waals surface area contributed by atoms with E-state index in [1.165, 1.54) is 25.8 Å². The Morgan fingerprint density at radius 1 is 1.42 bits per heavy atom. The van der Waals surface area contributed by atoms with Crippen LogP contribution in [0.25, 0.3) is 0 Å². The van der Waals surface area contributed by atoms with E-state index in [1.54, 1.807) is 12.7 Å². The number of methoxy groups -OCH3 is 1. The second-order valence-corrected chi connectivity index (χ2v) is 2.92. The van der Waals surface area contributed by atoms with Crippen LogP contribution in [-0.2, 0) is 4.74 Å². The molecule has 1 N–H and O–H groups in total. The number of ether oxygens (including phenoxy) is 1. The molecule has 1 fully saturated rings. The van der Waals surface area contributed by atoms with Crippen molar-refractivity contribution in [3.05, 3.63) is 11.6 Å². The summed E-state index contributed by atoms with van der Waals surface area (Å²) in [7, 11) is 1.74. The number of nitrogens with one attached hydrogen (secondary N) is 1. The lowest BCUT2D eigenvalue weighted by molar-refractivity contribution is 0.233. The lowest BCUT2D eigenvalue weighted by atomic mass is 10.1. The molecule has 3 heteroatoms. The Morgan fingerprint density at radius 3 is 3.00 bits per heavy atom. The molecule has 1 rings (SSSR count). The van der Waals surface area contributed by atoms with Crippen molar-refractivity contribution in [1.82, 2.24) is 5.32 Å². The summed E-state index contributed by atoms with van der Waals surface area (Å²) in [6.45, 7) is 3.08. The van der Waals surface area contributed by atoms with Crippen LogP contribution < -0.4 is 5.32 Å². The molecule has 0 amide bonds. The Balaban J connectivity index is 0.00000121. The third kappa shape index (κ3) is 4.75. The molecular weight excluding hydrogens is 174 g/mol. The summed E-state index contributed by atoms with van der Waals surface area (Å²) in [4.78, 5) is 0. The maximum absolute atomic E-state index is 4.99. The molecule has 0 aromatic heterocycles. The maximum Gasteiger partial charge on any atom is 0.0646 e. The molecule has 0 saturated carbocycles. The van der Waals surface area contributed by atoms with Gasteiger partial charge < -0.3 is 10.1 Å². The van der Waals surface area contributed by atoms with E-state index in [0.717, 1.165) is 13.2 Å². The first-order valence-corrected chi connectivity index (χ1v) is 4.31. The molecule has 0 bridgehead atoms. The first-order valence-electron chi connectivity index (χ1n) is 4.31. The zero-order valence-electron chi connectivity index (χ0n) is 7.64. The van der Waals surface area contributed by atoms with Gasteiger partial charge in [-0.1, -0.05) is 11.6 Å². The number of rotatable bonds is 2. The van der Waals surface area contributed by atoms with Crippen LogP contribution in [0.4, 0.5) is 0 Å². The van der Waals surface area contributed by atoms with Crippen LogP contribution in [0.3, 0.4) is 0 Å². The minimum absolute atomic E-state index is 0. The molecule has 1 aliphatic heterocycles. The minimum Gasteiger partial charge on any atom is -0.381 e. The predicted molar refractivity (Wildman–Crippen MR) is 53.9 cm³/mol. The van der Waals surface area contributed by atoms with Gasteiger partial charge in [0.2, 0.25) is 0 Å². The van der Waals surface area contributed by atoms with Crippen LogP contribution in [0.1, 0.15) is 19.3 Å². The van der Waals surface area contributed by atoms with Crippen LogP contribution in [0.2, 0.25) is 0 Å². The fourth-order valence-corrected chi connectivity index (χ4v) is 1.34. The van der Waals surface area contributed by atoms with Gasteiger partial charge in [-0.2, -0.15) is 0 Å². The SMILES string of the molecule is COC/C=C1/CCCNCC1.Cl. The van der Waals surface area contributed by atoms with E-state index in [1.807, 2.05) is 0 Å². The van der Waals surface area contributed by atoms with E-state index < -0.39 is 0 Å². The summed E-state index contributed by atoms with van der Waals surface area (Å²) < 4.78 is 4.99. The van der Waals surface area contributed by atoms with Crippen molar-refractivity contribution in [2.24, 2.45) is 0 Å². The molecule has 0 aromatic carbocycles. The first kappa shape index (κ1) is 11.9. The highest BCUT2D eigenvalue weighted by Gasteiger charge is 2.01. The Bertz CT molecular complexity index is 126. The van der Waals surface area contributed by atoms with Crippen molar-refractivity contribution in [1.29, 1.82) is 0 Å². The first-order chi connectivity index (χ1) is 5.43. The summed E-state index contributed by atoms with van der Waals surface area (Å²) in [5.74, 6) is 0. The highest BCUT2D eigenvalue weighted by molar-refractivity contribution is 5.85. The van der Waals surface area contributed by atoms with E-state index in [-0.39, 0.29) is 12.4 Å². The molecule has 1 saturated heterocycles. The summed E-state index contributed by atoms with van der Waals surface area (Å²) in [5.41, 5.74) is 1.55. The molecule has 0 aromatic rings. The summed E-state index contributed by atoms with van der Waals surface area (Å²) in [6, 6.07) is 0. The highest BCUT2D eigenvalue weighted by atomic mass is 35.5. The topological polar surface area (TPSA) is 21.3 Å². The van der Waals surface area contributed by atoms with Crippen molar-refractivity contribution in [2.75, 3.05) is 26.8 Å². The Labute approximate surface area is 80.8 Å². The second-order valence-electron chi connectivity index (χ2n) is 2.92. The molecule has 72 valence electrons. The Kier molecular flexibility index (Phi) is 7.56. The molecular formula is C9H18ClNO. The standard InChI is InChI=1S/C9H17NO.ClH/c1-11-8-5-9-3-2-6-10-7-4-9;/h5,10H,2-4,6-8H2,1H3;1H/b9-5-;. The molecule has 2 nitrogen and oxygen atoms in total. The highest BCUT2D eigenvalue weighted by Crippen LogP contribution is 2.11. The summed E-state index contributed by atoms with van der Waals surface area (Å²) in [6.07, 6.45) is 5.93. The van der Waals surface area contributed by atoms with E-state index in [0.29, 0.717) is 0 Å². The van der Waals surface area contributed by atoms with Crippen LogP contribution in [-0.4, -0.2) is 26.8 Å². The molecule has 0 aliphatic carbocycles. The minimum atomic E-state index is 0. The van der Waals surface area contributed by atoms with Crippen molar-refractivity contribution >= 4 is 12.4 Å². The van der Waals surface area contributed by atoms with Crippen LogP contribution in [0.5, 0.6) is 0 Å². The van der Waals surface area contributed by atoms with Crippen LogP contribution >= 0.6 is 12.4 Å². The number of hydrogen-bond acceptors (Lipinski definition) is 2. The van der Waals surface area contributed by atoms with Crippen LogP contribution in [0, 0.1) is 0 Å². The average Bonchev–Trinajstić information content (AvgIpc) is 2.28. The smallest absolute Gasteiger partial charge is 0.0646 e. The third-order valence-corrected chi connectivity index (χ3v) is 2.01. The zero-order chi connectivity index (χ0) is 7.94. The number of halogens is 1. The van der Waals surface area contributed by atoms with Crippen molar-refractivity contribution in [3.63, 3.8) is 0 Å². The molecule has 0 atom stereocenters. The van der Waals surface area contributed by atoms with Gasteiger partial charge in [-0.05, 0) is 32.4 Å². The van der Waals surface area contributed by atoms with E-state index in [4.69, 9.17) is 4.74 Å². The summed E-state index contributed by atoms with van der Waals surface area (Å²) in [5, 5.41) is 3.37. The van der Waals surface area contributed by atoms with Crippen molar-refractivity contribution in [3.8, 4) is 0 Å². The fourth-order valence-electron chi connectivity index (χ4n) is 1.34. The van der Waals surface area contributed by atoms with Gasteiger partial charge in [-0.15, -0.1) is 12.4 Å². The van der Waals surface area contributed by atoms with Crippen molar-refractivity contribution in [2.45, 2.75) is 19.3 Å². The molecule has 0 spiro atoms. The van der Waals surface area contributed by atoms with Gasteiger partial charge >= 0.3 is 0 Å². The van der Waals surface area contributed by atoms with Gasteiger partial charge in [0.25, 0.3) is 0 Å². The van der Waals surface area contributed by atoms with E-state index in [2.05, 4.69) is 11.4 Å². The third-order valence-electron chi connectivity index (χ3n) is 2.01. The van der Waals surface area contributed by atoms with Gasteiger partial charge in [0.1, 0.15) is 0 Å². The van der Waals surface area contributed by atoms with Gasteiger partial charge in [0, 0.05) is 7.11 Å².